The Labute approximate surface area is 143 Å². The van der Waals surface area contributed by atoms with Crippen LogP contribution in [0.3, 0.4) is 0 Å². The van der Waals surface area contributed by atoms with Crippen molar-refractivity contribution in [2.75, 3.05) is 6.54 Å². The summed E-state index contributed by atoms with van der Waals surface area (Å²) < 4.78 is 18.8. The van der Waals surface area contributed by atoms with Crippen LogP contribution in [0.25, 0.3) is 0 Å². The van der Waals surface area contributed by atoms with Gasteiger partial charge in [-0.3, -0.25) is 9.59 Å². The summed E-state index contributed by atoms with van der Waals surface area (Å²) in [6, 6.07) is 6.01. The molecule has 126 valence electrons. The quantitative estimate of drug-likeness (QED) is 0.871. The molecule has 0 bridgehead atoms. The molecule has 1 heterocycles. The lowest BCUT2D eigenvalue weighted by Gasteiger charge is -2.23. The lowest BCUT2D eigenvalue weighted by atomic mass is 10.2. The minimum Gasteiger partial charge on any atom is -0.472 e. The van der Waals surface area contributed by atoms with Gasteiger partial charge in [-0.25, -0.2) is 4.39 Å². The first kappa shape index (κ1) is 16.5. The zero-order valence-corrected chi connectivity index (χ0v) is 13.6. The summed E-state index contributed by atoms with van der Waals surface area (Å²) in [6.07, 6.45) is 4.42. The SMILES string of the molecule is O=C(NCC(=O)N(Cc1c(F)cccc1Cl)C1CC1)c1ccoc1. The van der Waals surface area contributed by atoms with E-state index in [9.17, 15) is 14.0 Å². The summed E-state index contributed by atoms with van der Waals surface area (Å²) in [5.41, 5.74) is 0.637. The Balaban J connectivity index is 1.65. The first-order valence-electron chi connectivity index (χ1n) is 7.59. The van der Waals surface area contributed by atoms with Crippen molar-refractivity contribution in [2.45, 2.75) is 25.4 Å². The van der Waals surface area contributed by atoms with Gasteiger partial charge in [-0.1, -0.05) is 17.7 Å². The number of carbonyl (C=O) groups excluding carboxylic acids is 2. The van der Waals surface area contributed by atoms with Gasteiger partial charge in [0, 0.05) is 16.6 Å². The van der Waals surface area contributed by atoms with E-state index in [-0.39, 0.29) is 30.1 Å². The van der Waals surface area contributed by atoms with E-state index >= 15 is 0 Å². The van der Waals surface area contributed by atoms with Crippen molar-refractivity contribution in [2.24, 2.45) is 0 Å². The molecule has 0 aliphatic heterocycles. The zero-order valence-electron chi connectivity index (χ0n) is 12.8. The van der Waals surface area contributed by atoms with Crippen LogP contribution in [0, 0.1) is 5.82 Å². The van der Waals surface area contributed by atoms with Gasteiger partial charge >= 0.3 is 0 Å². The molecular formula is C17H16ClFN2O3. The molecule has 0 spiro atoms. The van der Waals surface area contributed by atoms with Gasteiger partial charge < -0.3 is 14.6 Å². The van der Waals surface area contributed by atoms with Crippen LogP contribution in [-0.4, -0.2) is 29.3 Å². The third-order valence-corrected chi connectivity index (χ3v) is 4.24. The number of nitrogens with zero attached hydrogens (tertiary/aromatic N) is 1. The molecule has 0 unspecified atom stereocenters. The Morgan fingerprint density at radius 1 is 1.33 bits per heavy atom. The van der Waals surface area contributed by atoms with Crippen LogP contribution in [0.4, 0.5) is 4.39 Å². The lowest BCUT2D eigenvalue weighted by Crippen LogP contribution is -2.41. The van der Waals surface area contributed by atoms with Crippen molar-refractivity contribution in [1.29, 1.82) is 0 Å². The molecule has 1 aromatic carbocycles. The van der Waals surface area contributed by atoms with Gasteiger partial charge in [0.25, 0.3) is 5.91 Å². The minimum absolute atomic E-state index is 0.0685. The summed E-state index contributed by atoms with van der Waals surface area (Å²) >= 11 is 6.04. The van der Waals surface area contributed by atoms with Gasteiger partial charge in [-0.15, -0.1) is 0 Å². The van der Waals surface area contributed by atoms with Crippen LogP contribution in [0.1, 0.15) is 28.8 Å². The van der Waals surface area contributed by atoms with Crippen LogP contribution >= 0.6 is 11.6 Å². The molecular weight excluding hydrogens is 335 g/mol. The highest BCUT2D eigenvalue weighted by molar-refractivity contribution is 6.31. The lowest BCUT2D eigenvalue weighted by molar-refractivity contribution is -0.131. The van der Waals surface area contributed by atoms with Crippen LogP contribution in [0.2, 0.25) is 5.02 Å². The average molecular weight is 351 g/mol. The number of hydrogen-bond donors (Lipinski definition) is 1. The van der Waals surface area contributed by atoms with Crippen molar-refractivity contribution in [1.82, 2.24) is 10.2 Å². The zero-order chi connectivity index (χ0) is 17.1. The molecule has 3 rings (SSSR count). The van der Waals surface area contributed by atoms with Crippen LogP contribution in [-0.2, 0) is 11.3 Å². The van der Waals surface area contributed by atoms with E-state index in [0.717, 1.165) is 12.8 Å². The first-order valence-corrected chi connectivity index (χ1v) is 7.97. The maximum atomic E-state index is 14.0. The second-order valence-corrected chi connectivity index (χ2v) is 6.05. The van der Waals surface area contributed by atoms with Crippen molar-refractivity contribution in [3.63, 3.8) is 0 Å². The molecule has 24 heavy (non-hydrogen) atoms. The van der Waals surface area contributed by atoms with Crippen molar-refractivity contribution in [3.8, 4) is 0 Å². The molecule has 1 saturated carbocycles. The fourth-order valence-corrected chi connectivity index (χ4v) is 2.64. The smallest absolute Gasteiger partial charge is 0.254 e. The van der Waals surface area contributed by atoms with Crippen LogP contribution in [0.15, 0.2) is 41.2 Å². The Bertz CT molecular complexity index is 724. The average Bonchev–Trinajstić information content (AvgIpc) is 3.24. The molecule has 2 amide bonds. The number of nitrogens with one attached hydrogen (secondary N) is 1. The van der Waals surface area contributed by atoms with E-state index in [1.807, 2.05) is 0 Å². The van der Waals surface area contributed by atoms with E-state index < -0.39 is 11.7 Å². The summed E-state index contributed by atoms with van der Waals surface area (Å²) in [4.78, 5) is 25.9. The molecule has 0 atom stereocenters. The highest BCUT2D eigenvalue weighted by Gasteiger charge is 2.33. The molecule has 1 N–H and O–H groups in total. The van der Waals surface area contributed by atoms with Gasteiger partial charge in [0.2, 0.25) is 5.91 Å². The Hall–Kier alpha value is -2.34. The standard InChI is InChI=1S/C17H16ClFN2O3/c18-14-2-1-3-15(19)13(14)9-21(12-4-5-12)16(22)8-20-17(23)11-6-7-24-10-11/h1-3,6-7,10,12H,4-5,8-9H2,(H,20,23). The number of rotatable bonds is 6. The maximum absolute atomic E-state index is 14.0. The Kier molecular flexibility index (Phi) is 4.85. The third kappa shape index (κ3) is 3.76. The molecule has 1 aliphatic carbocycles. The highest BCUT2D eigenvalue weighted by atomic mass is 35.5. The normalized spacial score (nSPS) is 13.6. The monoisotopic (exact) mass is 350 g/mol. The van der Waals surface area contributed by atoms with Gasteiger partial charge in [-0.05, 0) is 31.0 Å². The van der Waals surface area contributed by atoms with E-state index in [4.69, 9.17) is 16.0 Å². The number of halogens is 2. The molecule has 0 radical (unpaired) electrons. The van der Waals surface area contributed by atoms with Crippen molar-refractivity contribution in [3.05, 3.63) is 58.8 Å². The summed E-state index contributed by atoms with van der Waals surface area (Å²) in [5, 5.41) is 2.83. The van der Waals surface area contributed by atoms with E-state index in [0.29, 0.717) is 11.1 Å². The first-order chi connectivity index (χ1) is 11.6. The van der Waals surface area contributed by atoms with Crippen molar-refractivity contribution >= 4 is 23.4 Å². The second kappa shape index (κ2) is 7.05. The maximum Gasteiger partial charge on any atom is 0.254 e. The Morgan fingerprint density at radius 3 is 2.75 bits per heavy atom. The molecule has 2 aromatic rings. The van der Waals surface area contributed by atoms with E-state index in [1.165, 1.54) is 30.7 Å². The van der Waals surface area contributed by atoms with Crippen LogP contribution in [0.5, 0.6) is 0 Å². The number of hydrogen-bond acceptors (Lipinski definition) is 3. The number of amides is 2. The molecule has 1 fully saturated rings. The number of carbonyl (C=O) groups is 2. The predicted molar refractivity (Wildman–Crippen MR) is 86.0 cm³/mol. The molecule has 0 saturated heterocycles. The number of benzene rings is 1. The van der Waals surface area contributed by atoms with E-state index in [1.54, 1.807) is 11.0 Å². The largest absolute Gasteiger partial charge is 0.472 e. The second-order valence-electron chi connectivity index (χ2n) is 5.65. The van der Waals surface area contributed by atoms with Gasteiger partial charge in [0.05, 0.1) is 24.9 Å². The predicted octanol–water partition coefficient (Wildman–Crippen LogP) is 2.99. The minimum atomic E-state index is -0.441. The van der Waals surface area contributed by atoms with Gasteiger partial charge in [0.1, 0.15) is 12.1 Å². The topological polar surface area (TPSA) is 62.6 Å². The summed E-state index contributed by atoms with van der Waals surface area (Å²) in [7, 11) is 0. The highest BCUT2D eigenvalue weighted by Crippen LogP contribution is 2.30. The molecule has 7 heteroatoms. The molecule has 5 nitrogen and oxygen atoms in total. The van der Waals surface area contributed by atoms with Crippen molar-refractivity contribution < 1.29 is 18.4 Å². The van der Waals surface area contributed by atoms with E-state index in [2.05, 4.69) is 5.32 Å². The summed E-state index contributed by atoms with van der Waals surface area (Å²) in [6.45, 7) is -0.0663. The van der Waals surface area contributed by atoms with Crippen LogP contribution < -0.4 is 5.32 Å². The molecule has 1 aliphatic rings. The summed E-state index contributed by atoms with van der Waals surface area (Å²) in [5.74, 6) is -1.10. The fraction of sp³-hybridized carbons (Fsp3) is 0.294. The molecule has 1 aromatic heterocycles. The third-order valence-electron chi connectivity index (χ3n) is 3.88. The van der Waals surface area contributed by atoms with Gasteiger partial charge in [0.15, 0.2) is 0 Å². The number of furan rings is 1. The van der Waals surface area contributed by atoms with Gasteiger partial charge in [-0.2, -0.15) is 0 Å². The Morgan fingerprint density at radius 2 is 2.12 bits per heavy atom. The fourth-order valence-electron chi connectivity index (χ4n) is 2.41.